The van der Waals surface area contributed by atoms with Gasteiger partial charge in [0.15, 0.2) is 0 Å². The van der Waals surface area contributed by atoms with Gasteiger partial charge < -0.3 is 16.2 Å². The van der Waals surface area contributed by atoms with Gasteiger partial charge in [-0.05, 0) is 32.0 Å². The smallest absolute Gasteiger partial charge is 0.335 e. The minimum Gasteiger partial charge on any atom is -0.478 e. The second-order valence-electron chi connectivity index (χ2n) is 4.53. The summed E-state index contributed by atoms with van der Waals surface area (Å²) in [5, 5.41) is 16.2. The largest absolute Gasteiger partial charge is 0.478 e. The van der Waals surface area contributed by atoms with E-state index < -0.39 is 5.97 Å². The predicted molar refractivity (Wildman–Crippen MR) is 73.7 cm³/mol. The van der Waals surface area contributed by atoms with Gasteiger partial charge in [-0.25, -0.2) is 4.79 Å². The number of nitrogens with two attached hydrogens (primary N) is 1. The number of benzene rings is 1. The quantitative estimate of drug-likeness (QED) is 0.734. The molecule has 0 spiro atoms. The first-order chi connectivity index (χ1) is 8.97. The Morgan fingerprint density at radius 2 is 2.21 bits per heavy atom. The number of rotatable bonds is 4. The molecule has 19 heavy (non-hydrogen) atoms. The Morgan fingerprint density at radius 1 is 1.47 bits per heavy atom. The van der Waals surface area contributed by atoms with E-state index in [0.29, 0.717) is 11.4 Å². The summed E-state index contributed by atoms with van der Waals surface area (Å²) < 4.78 is 1.81. The van der Waals surface area contributed by atoms with Gasteiger partial charge in [0, 0.05) is 12.2 Å². The van der Waals surface area contributed by atoms with Gasteiger partial charge >= 0.3 is 5.97 Å². The molecule has 0 radical (unpaired) electrons. The number of aromatic carboxylic acids is 1. The molecule has 0 bridgehead atoms. The highest BCUT2D eigenvalue weighted by Gasteiger charge is 2.08. The minimum atomic E-state index is -0.985. The summed E-state index contributed by atoms with van der Waals surface area (Å²) in [6.07, 6.45) is 3.52. The zero-order valence-electron chi connectivity index (χ0n) is 10.8. The van der Waals surface area contributed by atoms with E-state index in [-0.39, 0.29) is 11.6 Å². The molecule has 1 aromatic heterocycles. The molecule has 1 heterocycles. The second kappa shape index (κ2) is 5.01. The van der Waals surface area contributed by atoms with Crippen LogP contribution in [0.1, 0.15) is 30.2 Å². The number of carbonyl (C=O) groups is 1. The molecule has 0 unspecified atom stereocenters. The molecular formula is C13H16N4O2. The fourth-order valence-electron chi connectivity index (χ4n) is 1.64. The molecule has 0 amide bonds. The van der Waals surface area contributed by atoms with Crippen molar-refractivity contribution in [3.8, 4) is 0 Å². The van der Waals surface area contributed by atoms with Crippen molar-refractivity contribution in [2.24, 2.45) is 0 Å². The van der Waals surface area contributed by atoms with Gasteiger partial charge in [0.25, 0.3) is 0 Å². The van der Waals surface area contributed by atoms with Crippen molar-refractivity contribution in [2.75, 3.05) is 11.1 Å². The second-order valence-corrected chi connectivity index (χ2v) is 4.53. The van der Waals surface area contributed by atoms with Gasteiger partial charge in [0.2, 0.25) is 0 Å². The molecule has 2 aromatic rings. The fraction of sp³-hybridized carbons (Fsp3) is 0.231. The number of nitrogen functional groups attached to an aromatic ring is 1. The van der Waals surface area contributed by atoms with E-state index in [1.807, 2.05) is 20.0 Å². The average molecular weight is 260 g/mol. The molecule has 0 aliphatic carbocycles. The Kier molecular flexibility index (Phi) is 3.41. The number of hydrogen-bond donors (Lipinski definition) is 3. The Balaban J connectivity index is 2.26. The molecule has 4 N–H and O–H groups in total. The minimum absolute atomic E-state index is 0.188. The van der Waals surface area contributed by atoms with Crippen LogP contribution >= 0.6 is 0 Å². The molecular weight excluding hydrogens is 244 g/mol. The van der Waals surface area contributed by atoms with Crippen molar-refractivity contribution < 1.29 is 9.90 Å². The molecule has 0 aliphatic rings. The summed E-state index contributed by atoms with van der Waals surface area (Å²) >= 11 is 0. The van der Waals surface area contributed by atoms with Crippen LogP contribution in [0.5, 0.6) is 0 Å². The van der Waals surface area contributed by atoms with E-state index in [0.717, 1.165) is 5.69 Å². The molecule has 0 atom stereocenters. The predicted octanol–water partition coefficient (Wildman–Crippen LogP) is 2.49. The van der Waals surface area contributed by atoms with Gasteiger partial charge in [-0.1, -0.05) is 0 Å². The van der Waals surface area contributed by atoms with Crippen molar-refractivity contribution in [1.29, 1.82) is 0 Å². The third-order valence-electron chi connectivity index (χ3n) is 2.71. The summed E-state index contributed by atoms with van der Waals surface area (Å²) in [5.74, 6) is -0.985. The van der Waals surface area contributed by atoms with Gasteiger partial charge in [0.05, 0.1) is 28.8 Å². The van der Waals surface area contributed by atoms with Crippen LogP contribution in [0.2, 0.25) is 0 Å². The molecule has 6 nitrogen and oxygen atoms in total. The lowest BCUT2D eigenvalue weighted by Crippen LogP contribution is -2.01. The number of nitrogens with one attached hydrogen (secondary N) is 1. The van der Waals surface area contributed by atoms with E-state index in [1.165, 1.54) is 12.1 Å². The van der Waals surface area contributed by atoms with Crippen molar-refractivity contribution in [3.05, 3.63) is 36.2 Å². The first kappa shape index (κ1) is 12.9. The molecule has 100 valence electrons. The van der Waals surface area contributed by atoms with E-state index in [2.05, 4.69) is 10.4 Å². The molecule has 6 heteroatoms. The first-order valence-electron chi connectivity index (χ1n) is 5.91. The third kappa shape index (κ3) is 2.85. The molecule has 2 rings (SSSR count). The van der Waals surface area contributed by atoms with Crippen LogP contribution in [0.25, 0.3) is 0 Å². The molecule has 0 fully saturated rings. The fourth-order valence-corrected chi connectivity index (χ4v) is 1.64. The van der Waals surface area contributed by atoms with Crippen molar-refractivity contribution in [2.45, 2.75) is 19.9 Å². The number of aromatic nitrogens is 2. The van der Waals surface area contributed by atoms with E-state index in [9.17, 15) is 4.79 Å². The van der Waals surface area contributed by atoms with Crippen LogP contribution in [0.4, 0.5) is 17.1 Å². The lowest BCUT2D eigenvalue weighted by atomic mass is 10.1. The van der Waals surface area contributed by atoms with E-state index in [4.69, 9.17) is 10.8 Å². The highest BCUT2D eigenvalue weighted by molar-refractivity contribution is 5.91. The number of nitrogens with zero attached hydrogens (tertiary/aromatic N) is 2. The highest BCUT2D eigenvalue weighted by Crippen LogP contribution is 2.24. The third-order valence-corrected chi connectivity index (χ3v) is 2.71. The van der Waals surface area contributed by atoms with Crippen LogP contribution in [-0.2, 0) is 0 Å². The maximum Gasteiger partial charge on any atom is 0.335 e. The van der Waals surface area contributed by atoms with Crippen molar-refractivity contribution >= 4 is 23.0 Å². The molecule has 0 aliphatic heterocycles. The van der Waals surface area contributed by atoms with Crippen LogP contribution in [-0.4, -0.2) is 20.9 Å². The monoisotopic (exact) mass is 260 g/mol. The average Bonchev–Trinajstić information content (AvgIpc) is 2.80. The summed E-state index contributed by atoms with van der Waals surface area (Å²) in [6, 6.07) is 4.81. The van der Waals surface area contributed by atoms with Crippen LogP contribution in [0.3, 0.4) is 0 Å². The molecule has 0 saturated carbocycles. The zero-order chi connectivity index (χ0) is 14.0. The van der Waals surface area contributed by atoms with E-state index >= 15 is 0 Å². The van der Waals surface area contributed by atoms with Gasteiger partial charge in [-0.3, -0.25) is 4.68 Å². The number of anilines is 3. The lowest BCUT2D eigenvalue weighted by molar-refractivity contribution is 0.0697. The van der Waals surface area contributed by atoms with Crippen LogP contribution < -0.4 is 11.1 Å². The number of carboxylic acid groups (broad SMARTS) is 1. The number of hydrogen-bond acceptors (Lipinski definition) is 4. The standard InChI is InChI=1S/C13H16N4O2/c1-8(2)17-7-10(6-15-17)16-12-5-9(13(18)19)3-4-11(12)14/h3-8,16H,14H2,1-2H3,(H,18,19). The van der Waals surface area contributed by atoms with Crippen molar-refractivity contribution in [1.82, 2.24) is 9.78 Å². The lowest BCUT2D eigenvalue weighted by Gasteiger charge is -2.08. The summed E-state index contributed by atoms with van der Waals surface area (Å²) in [7, 11) is 0. The van der Waals surface area contributed by atoms with E-state index in [1.54, 1.807) is 16.9 Å². The summed E-state index contributed by atoms with van der Waals surface area (Å²) in [5.41, 5.74) is 7.82. The van der Waals surface area contributed by atoms with Gasteiger partial charge in [0.1, 0.15) is 0 Å². The maximum absolute atomic E-state index is 10.9. The summed E-state index contributed by atoms with van der Waals surface area (Å²) in [4.78, 5) is 10.9. The van der Waals surface area contributed by atoms with Crippen LogP contribution in [0, 0.1) is 0 Å². The summed E-state index contributed by atoms with van der Waals surface area (Å²) in [6.45, 7) is 4.05. The van der Waals surface area contributed by atoms with Gasteiger partial charge in [-0.15, -0.1) is 0 Å². The molecule has 1 aromatic carbocycles. The number of carboxylic acids is 1. The Morgan fingerprint density at radius 3 is 2.79 bits per heavy atom. The Bertz CT molecular complexity index is 604. The highest BCUT2D eigenvalue weighted by atomic mass is 16.4. The van der Waals surface area contributed by atoms with Gasteiger partial charge in [-0.2, -0.15) is 5.10 Å². The van der Waals surface area contributed by atoms with Crippen molar-refractivity contribution in [3.63, 3.8) is 0 Å². The first-order valence-corrected chi connectivity index (χ1v) is 5.91. The topological polar surface area (TPSA) is 93.2 Å². The normalized spacial score (nSPS) is 10.7. The Hall–Kier alpha value is -2.50. The zero-order valence-corrected chi connectivity index (χ0v) is 10.8. The maximum atomic E-state index is 10.9. The Labute approximate surface area is 110 Å². The molecule has 0 saturated heterocycles. The SMILES string of the molecule is CC(C)n1cc(Nc2cc(C(=O)O)ccc2N)cn1. The van der Waals surface area contributed by atoms with Crippen LogP contribution in [0.15, 0.2) is 30.6 Å².